The van der Waals surface area contributed by atoms with Gasteiger partial charge in [-0.15, -0.1) is 4.83 Å². The maximum atomic E-state index is 13.2. The molecule has 1 aromatic rings. The zero-order chi connectivity index (χ0) is 18.5. The molecule has 4 saturated carbocycles. The Morgan fingerprint density at radius 1 is 1.15 bits per heavy atom. The summed E-state index contributed by atoms with van der Waals surface area (Å²) in [6.45, 7) is 0. The molecule has 0 radical (unpaired) electrons. The van der Waals surface area contributed by atoms with Crippen LogP contribution in [0.25, 0.3) is 0 Å². The van der Waals surface area contributed by atoms with E-state index in [0.29, 0.717) is 6.42 Å². The van der Waals surface area contributed by atoms with Gasteiger partial charge in [-0.3, -0.25) is 10.2 Å². The first-order valence-electron chi connectivity index (χ1n) is 9.00. The van der Waals surface area contributed by atoms with Gasteiger partial charge in [0, 0.05) is 6.42 Å². The molecule has 4 aliphatic carbocycles. The molecule has 4 bridgehead atoms. The van der Waals surface area contributed by atoms with Crippen molar-refractivity contribution in [2.75, 3.05) is 0 Å². The molecule has 2 N–H and O–H groups in total. The predicted octanol–water partition coefficient (Wildman–Crippen LogP) is 3.40. The van der Waals surface area contributed by atoms with E-state index in [2.05, 4.69) is 10.3 Å². The molecule has 4 aliphatic rings. The van der Waals surface area contributed by atoms with Gasteiger partial charge >= 0.3 is 0 Å². The van der Waals surface area contributed by atoms with Crippen molar-refractivity contribution in [1.82, 2.24) is 10.3 Å². The van der Waals surface area contributed by atoms with Crippen molar-refractivity contribution in [2.24, 2.45) is 23.2 Å². The van der Waals surface area contributed by atoms with E-state index in [4.69, 9.17) is 11.6 Å². The van der Waals surface area contributed by atoms with E-state index >= 15 is 0 Å². The highest BCUT2D eigenvalue weighted by molar-refractivity contribution is 7.89. The van der Waals surface area contributed by atoms with E-state index in [0.717, 1.165) is 55.2 Å². The number of hydrazine groups is 1. The van der Waals surface area contributed by atoms with Gasteiger partial charge in [0.2, 0.25) is 5.91 Å². The first kappa shape index (κ1) is 18.2. The average molecular weight is 401 g/mol. The number of sulfonamides is 1. The lowest BCUT2D eigenvalue weighted by Crippen LogP contribution is -2.50. The molecule has 5 rings (SSSR count). The van der Waals surface area contributed by atoms with Gasteiger partial charge in [-0.1, -0.05) is 11.6 Å². The van der Waals surface area contributed by atoms with Crippen LogP contribution in [0.5, 0.6) is 0 Å². The number of amides is 1. The van der Waals surface area contributed by atoms with Crippen LogP contribution < -0.4 is 10.3 Å². The highest BCUT2D eigenvalue weighted by Crippen LogP contribution is 2.61. The van der Waals surface area contributed by atoms with Gasteiger partial charge in [0.25, 0.3) is 10.0 Å². The summed E-state index contributed by atoms with van der Waals surface area (Å²) in [4.78, 5) is 14.3. The lowest BCUT2D eigenvalue weighted by atomic mass is 9.49. The molecule has 142 valence electrons. The molecular formula is C18H22ClFN2O3S. The van der Waals surface area contributed by atoms with E-state index in [1.807, 2.05) is 0 Å². The van der Waals surface area contributed by atoms with Crippen molar-refractivity contribution in [2.45, 2.75) is 49.8 Å². The number of benzene rings is 1. The zero-order valence-electron chi connectivity index (χ0n) is 14.3. The average Bonchev–Trinajstić information content (AvgIpc) is 2.54. The minimum atomic E-state index is -3.99. The molecule has 8 heteroatoms. The Morgan fingerprint density at radius 3 is 2.27 bits per heavy atom. The summed E-state index contributed by atoms with van der Waals surface area (Å²) in [6, 6.07) is 3.10. The van der Waals surface area contributed by atoms with Crippen LogP contribution in [0.3, 0.4) is 0 Å². The Balaban J connectivity index is 1.39. The number of carbonyl (C=O) groups is 1. The van der Waals surface area contributed by atoms with Crippen LogP contribution in [0.4, 0.5) is 4.39 Å². The number of halogens is 2. The van der Waals surface area contributed by atoms with E-state index < -0.39 is 15.8 Å². The van der Waals surface area contributed by atoms with Gasteiger partial charge in [-0.25, -0.2) is 12.8 Å². The maximum Gasteiger partial charge on any atom is 0.257 e. The second-order valence-electron chi connectivity index (χ2n) is 8.32. The zero-order valence-corrected chi connectivity index (χ0v) is 15.9. The molecule has 4 fully saturated rings. The van der Waals surface area contributed by atoms with Gasteiger partial charge in [0.15, 0.2) is 0 Å². The number of carbonyl (C=O) groups excluding carboxylic acids is 1. The van der Waals surface area contributed by atoms with Gasteiger partial charge in [0.1, 0.15) is 5.82 Å². The number of rotatable bonds is 5. The number of nitrogens with one attached hydrogen (secondary N) is 2. The Morgan fingerprint density at radius 2 is 1.73 bits per heavy atom. The van der Waals surface area contributed by atoms with Crippen molar-refractivity contribution in [3.05, 3.63) is 29.0 Å². The van der Waals surface area contributed by atoms with Gasteiger partial charge in [-0.2, -0.15) is 0 Å². The van der Waals surface area contributed by atoms with Crippen LogP contribution >= 0.6 is 11.6 Å². The predicted molar refractivity (Wildman–Crippen MR) is 95.1 cm³/mol. The van der Waals surface area contributed by atoms with Gasteiger partial charge in [0.05, 0.1) is 9.92 Å². The molecule has 1 aromatic carbocycles. The van der Waals surface area contributed by atoms with Crippen molar-refractivity contribution < 1.29 is 17.6 Å². The maximum absolute atomic E-state index is 13.2. The summed E-state index contributed by atoms with van der Waals surface area (Å²) in [7, 11) is -3.99. The Hall–Kier alpha value is -1.18. The van der Waals surface area contributed by atoms with E-state index in [-0.39, 0.29) is 21.2 Å². The molecule has 0 spiro atoms. The number of hydrogen-bond donors (Lipinski definition) is 2. The van der Waals surface area contributed by atoms with Crippen LogP contribution in [0.2, 0.25) is 5.02 Å². The minimum absolute atomic E-state index is 0.0312. The third kappa shape index (κ3) is 3.49. The van der Waals surface area contributed by atoms with Crippen LogP contribution in [0.15, 0.2) is 23.1 Å². The minimum Gasteiger partial charge on any atom is -0.278 e. The summed E-state index contributed by atoms with van der Waals surface area (Å²) in [6.07, 6.45) is 7.45. The molecule has 26 heavy (non-hydrogen) atoms. The molecule has 1 amide bonds. The summed E-state index contributed by atoms with van der Waals surface area (Å²) in [5.41, 5.74) is 2.35. The molecule has 0 saturated heterocycles. The van der Waals surface area contributed by atoms with Crippen molar-refractivity contribution in [3.63, 3.8) is 0 Å². The molecule has 0 aliphatic heterocycles. The largest absolute Gasteiger partial charge is 0.278 e. The summed E-state index contributed by atoms with van der Waals surface area (Å²) in [5, 5.41) is -0.284. The van der Waals surface area contributed by atoms with Crippen LogP contribution in [0, 0.1) is 29.0 Å². The standard InChI is InChI=1S/C18H22ClFN2O3S/c19-15-6-14(1-2-16(15)20)26(24,25)22-21-17(23)10-18-7-11-3-12(8-18)5-13(4-11)9-18/h1-2,6,11-13,22H,3-5,7-10H2,(H,21,23). The highest BCUT2D eigenvalue weighted by Gasteiger charge is 2.51. The van der Waals surface area contributed by atoms with Gasteiger partial charge < -0.3 is 0 Å². The molecule has 0 heterocycles. The summed E-state index contributed by atoms with van der Waals surface area (Å²) < 4.78 is 37.7. The molecule has 0 unspecified atom stereocenters. The first-order valence-corrected chi connectivity index (χ1v) is 10.9. The molecule has 0 atom stereocenters. The Labute approximate surface area is 157 Å². The fourth-order valence-electron chi connectivity index (χ4n) is 5.72. The number of hydrogen-bond acceptors (Lipinski definition) is 3. The van der Waals surface area contributed by atoms with Crippen molar-refractivity contribution >= 4 is 27.5 Å². The van der Waals surface area contributed by atoms with E-state index in [1.54, 1.807) is 0 Å². The lowest BCUT2D eigenvalue weighted by molar-refractivity contribution is -0.129. The molecule has 5 nitrogen and oxygen atoms in total. The summed E-state index contributed by atoms with van der Waals surface area (Å²) in [5.74, 6) is 1.17. The summed E-state index contributed by atoms with van der Waals surface area (Å²) >= 11 is 5.63. The van der Waals surface area contributed by atoms with Gasteiger partial charge in [-0.05, 0) is 79.9 Å². The van der Waals surface area contributed by atoms with E-state index in [1.165, 1.54) is 19.3 Å². The second kappa shape index (κ2) is 6.46. The SMILES string of the molecule is O=C(CC12CC3CC(CC(C3)C1)C2)NNS(=O)(=O)c1ccc(F)c(Cl)c1. The molecule has 0 aromatic heterocycles. The third-order valence-electron chi connectivity index (χ3n) is 6.23. The van der Waals surface area contributed by atoms with Crippen LogP contribution in [-0.2, 0) is 14.8 Å². The first-order chi connectivity index (χ1) is 12.2. The lowest BCUT2D eigenvalue weighted by Gasteiger charge is -2.56. The van der Waals surface area contributed by atoms with Crippen LogP contribution in [0.1, 0.15) is 44.9 Å². The fourth-order valence-corrected chi connectivity index (χ4v) is 6.85. The topological polar surface area (TPSA) is 75.3 Å². The molecular weight excluding hydrogens is 379 g/mol. The Kier molecular flexibility index (Phi) is 4.52. The monoisotopic (exact) mass is 400 g/mol. The van der Waals surface area contributed by atoms with Crippen molar-refractivity contribution in [3.8, 4) is 0 Å². The quantitative estimate of drug-likeness (QED) is 0.744. The smallest absolute Gasteiger partial charge is 0.257 e. The normalized spacial score (nSPS) is 32.6. The Bertz CT molecular complexity index is 808. The highest BCUT2D eigenvalue weighted by atomic mass is 35.5. The third-order valence-corrected chi connectivity index (χ3v) is 7.76. The van der Waals surface area contributed by atoms with Crippen LogP contribution in [-0.4, -0.2) is 14.3 Å². The fraction of sp³-hybridized carbons (Fsp3) is 0.611. The van der Waals surface area contributed by atoms with E-state index in [9.17, 15) is 17.6 Å². The second-order valence-corrected chi connectivity index (χ2v) is 10.4. The van der Waals surface area contributed by atoms with Crippen molar-refractivity contribution in [1.29, 1.82) is 0 Å².